The molecule has 1 amide bonds. The second-order valence-electron chi connectivity index (χ2n) is 5.30. The van der Waals surface area contributed by atoms with Gasteiger partial charge in [-0.05, 0) is 42.7 Å². The van der Waals surface area contributed by atoms with Gasteiger partial charge in [-0.3, -0.25) is 4.79 Å². The third-order valence-electron chi connectivity index (χ3n) is 3.77. The summed E-state index contributed by atoms with van der Waals surface area (Å²) in [6.45, 7) is 1.52. The summed E-state index contributed by atoms with van der Waals surface area (Å²) in [7, 11) is 0. The van der Waals surface area contributed by atoms with E-state index in [4.69, 9.17) is 17.3 Å². The molecular weight excluding hydrogens is 304 g/mol. The van der Waals surface area contributed by atoms with Gasteiger partial charge < -0.3 is 10.6 Å². The zero-order valence-corrected chi connectivity index (χ0v) is 13.2. The Balaban J connectivity index is 1.75. The molecular formula is C16H17ClN2OS. The van der Waals surface area contributed by atoms with Crippen LogP contribution in [0, 0.1) is 0 Å². The summed E-state index contributed by atoms with van der Waals surface area (Å²) in [4.78, 5) is 16.3. The second-order valence-corrected chi connectivity index (χ2v) is 6.82. The molecule has 1 saturated heterocycles. The van der Waals surface area contributed by atoms with E-state index >= 15 is 0 Å². The molecule has 0 aliphatic carbocycles. The van der Waals surface area contributed by atoms with E-state index in [-0.39, 0.29) is 11.9 Å². The lowest BCUT2D eigenvalue weighted by Crippen LogP contribution is -2.42. The van der Waals surface area contributed by atoms with E-state index in [0.29, 0.717) is 0 Å². The topological polar surface area (TPSA) is 46.3 Å². The summed E-state index contributed by atoms with van der Waals surface area (Å²) < 4.78 is 0. The lowest BCUT2D eigenvalue weighted by Gasteiger charge is -2.29. The normalized spacial score (nSPS) is 16.2. The molecule has 0 atom stereocenters. The molecule has 0 unspecified atom stereocenters. The van der Waals surface area contributed by atoms with Gasteiger partial charge in [0, 0.05) is 29.0 Å². The average molecular weight is 321 g/mol. The minimum atomic E-state index is 0.118. The SMILES string of the molecule is NC1CCN(C(=O)c2ccc(-c3ccc(Cl)cc3)s2)CC1. The lowest BCUT2D eigenvalue weighted by molar-refractivity contribution is 0.0719. The lowest BCUT2D eigenvalue weighted by atomic mass is 10.1. The number of piperidine rings is 1. The molecule has 110 valence electrons. The minimum absolute atomic E-state index is 0.118. The fraction of sp³-hybridized carbons (Fsp3) is 0.312. The maximum Gasteiger partial charge on any atom is 0.263 e. The number of benzene rings is 1. The molecule has 0 spiro atoms. The molecule has 1 aliphatic heterocycles. The molecule has 1 aromatic heterocycles. The first-order valence-corrected chi connectivity index (χ1v) is 8.23. The third kappa shape index (κ3) is 3.28. The van der Waals surface area contributed by atoms with Crippen molar-refractivity contribution in [1.29, 1.82) is 0 Å². The Bertz CT molecular complexity index is 630. The highest BCUT2D eigenvalue weighted by atomic mass is 35.5. The number of nitrogens with two attached hydrogens (primary N) is 1. The molecule has 0 saturated carbocycles. The first-order chi connectivity index (χ1) is 10.1. The first-order valence-electron chi connectivity index (χ1n) is 7.04. The highest BCUT2D eigenvalue weighted by Gasteiger charge is 2.22. The van der Waals surface area contributed by atoms with Crippen molar-refractivity contribution in [2.75, 3.05) is 13.1 Å². The number of carbonyl (C=O) groups excluding carboxylic acids is 1. The van der Waals surface area contributed by atoms with Crippen LogP contribution in [0.25, 0.3) is 10.4 Å². The summed E-state index contributed by atoms with van der Waals surface area (Å²) in [6.07, 6.45) is 1.78. The molecule has 2 heterocycles. The van der Waals surface area contributed by atoms with E-state index in [2.05, 4.69) is 0 Å². The van der Waals surface area contributed by atoms with Crippen LogP contribution in [0.3, 0.4) is 0 Å². The standard InChI is InChI=1S/C16H17ClN2OS/c17-12-3-1-11(2-4-12)14-5-6-15(21-14)16(20)19-9-7-13(18)8-10-19/h1-6,13H,7-10,18H2. The van der Waals surface area contributed by atoms with Gasteiger partial charge in [0.1, 0.15) is 0 Å². The van der Waals surface area contributed by atoms with E-state index in [9.17, 15) is 4.79 Å². The van der Waals surface area contributed by atoms with E-state index in [1.54, 1.807) is 0 Å². The van der Waals surface area contributed by atoms with Crippen molar-refractivity contribution < 1.29 is 4.79 Å². The van der Waals surface area contributed by atoms with E-state index in [1.807, 2.05) is 41.3 Å². The van der Waals surface area contributed by atoms with Crippen LogP contribution in [-0.4, -0.2) is 29.9 Å². The zero-order valence-electron chi connectivity index (χ0n) is 11.6. The van der Waals surface area contributed by atoms with Crippen LogP contribution in [0.4, 0.5) is 0 Å². The number of amides is 1. The Kier molecular flexibility index (Phi) is 4.29. The van der Waals surface area contributed by atoms with Crippen LogP contribution in [0.15, 0.2) is 36.4 Å². The zero-order chi connectivity index (χ0) is 14.8. The van der Waals surface area contributed by atoms with Crippen molar-refractivity contribution in [1.82, 2.24) is 4.90 Å². The summed E-state index contributed by atoms with van der Waals surface area (Å²) in [5.74, 6) is 0.118. The summed E-state index contributed by atoms with van der Waals surface area (Å²) in [5, 5.41) is 0.719. The minimum Gasteiger partial charge on any atom is -0.338 e. The Morgan fingerprint density at radius 1 is 1.14 bits per heavy atom. The smallest absolute Gasteiger partial charge is 0.263 e. The Morgan fingerprint density at radius 3 is 2.48 bits per heavy atom. The van der Waals surface area contributed by atoms with E-state index in [0.717, 1.165) is 46.3 Å². The molecule has 0 radical (unpaired) electrons. The van der Waals surface area contributed by atoms with Gasteiger partial charge >= 0.3 is 0 Å². The number of nitrogens with zero attached hydrogens (tertiary/aromatic N) is 1. The number of halogens is 1. The molecule has 2 aromatic rings. The molecule has 21 heavy (non-hydrogen) atoms. The maximum absolute atomic E-state index is 12.5. The molecule has 1 aliphatic rings. The molecule has 0 bridgehead atoms. The molecule has 2 N–H and O–H groups in total. The quantitative estimate of drug-likeness (QED) is 0.918. The highest BCUT2D eigenvalue weighted by Crippen LogP contribution is 2.30. The molecule has 5 heteroatoms. The predicted octanol–water partition coefficient (Wildman–Crippen LogP) is 3.63. The van der Waals surface area contributed by atoms with Gasteiger partial charge in [-0.25, -0.2) is 0 Å². The molecule has 3 nitrogen and oxygen atoms in total. The van der Waals surface area contributed by atoms with Crippen molar-refractivity contribution in [2.24, 2.45) is 5.73 Å². The highest BCUT2D eigenvalue weighted by molar-refractivity contribution is 7.17. The third-order valence-corrected chi connectivity index (χ3v) is 5.15. The average Bonchev–Trinajstić information content (AvgIpc) is 2.98. The van der Waals surface area contributed by atoms with Crippen molar-refractivity contribution in [3.63, 3.8) is 0 Å². The molecule has 3 rings (SSSR count). The van der Waals surface area contributed by atoms with E-state index < -0.39 is 0 Å². The van der Waals surface area contributed by atoms with Crippen LogP contribution in [0.1, 0.15) is 22.5 Å². The number of carbonyl (C=O) groups is 1. The fourth-order valence-electron chi connectivity index (χ4n) is 2.48. The number of rotatable bonds is 2. The van der Waals surface area contributed by atoms with Crippen molar-refractivity contribution in [2.45, 2.75) is 18.9 Å². The molecule has 1 aromatic carbocycles. The monoisotopic (exact) mass is 320 g/mol. The largest absolute Gasteiger partial charge is 0.338 e. The number of likely N-dealkylation sites (tertiary alicyclic amines) is 1. The number of hydrogen-bond donors (Lipinski definition) is 1. The Labute approximate surface area is 133 Å². The summed E-state index contributed by atoms with van der Waals surface area (Å²) >= 11 is 7.43. The van der Waals surface area contributed by atoms with Crippen LogP contribution in [-0.2, 0) is 0 Å². The number of thiophene rings is 1. The Morgan fingerprint density at radius 2 is 1.81 bits per heavy atom. The number of hydrogen-bond acceptors (Lipinski definition) is 3. The molecule has 1 fully saturated rings. The van der Waals surface area contributed by atoms with Crippen LogP contribution in [0.2, 0.25) is 5.02 Å². The van der Waals surface area contributed by atoms with Crippen molar-refractivity contribution >= 4 is 28.8 Å². The van der Waals surface area contributed by atoms with Gasteiger partial charge in [-0.15, -0.1) is 11.3 Å². The van der Waals surface area contributed by atoms with Gasteiger partial charge in [0.15, 0.2) is 0 Å². The van der Waals surface area contributed by atoms with Crippen LogP contribution < -0.4 is 5.73 Å². The van der Waals surface area contributed by atoms with Gasteiger partial charge in [0.25, 0.3) is 5.91 Å². The first kappa shape index (κ1) is 14.6. The van der Waals surface area contributed by atoms with Crippen LogP contribution in [0.5, 0.6) is 0 Å². The van der Waals surface area contributed by atoms with Crippen molar-refractivity contribution in [3.8, 4) is 10.4 Å². The Hall–Kier alpha value is -1.36. The van der Waals surface area contributed by atoms with Gasteiger partial charge in [-0.1, -0.05) is 23.7 Å². The predicted molar refractivity (Wildman–Crippen MR) is 87.9 cm³/mol. The summed E-state index contributed by atoms with van der Waals surface area (Å²) in [6, 6.07) is 11.8. The maximum atomic E-state index is 12.5. The van der Waals surface area contributed by atoms with Gasteiger partial charge in [-0.2, -0.15) is 0 Å². The fourth-order valence-corrected chi connectivity index (χ4v) is 3.59. The van der Waals surface area contributed by atoms with Gasteiger partial charge in [0.2, 0.25) is 0 Å². The second kappa shape index (κ2) is 6.18. The van der Waals surface area contributed by atoms with E-state index in [1.165, 1.54) is 11.3 Å². The van der Waals surface area contributed by atoms with Crippen molar-refractivity contribution in [3.05, 3.63) is 46.3 Å². The summed E-state index contributed by atoms with van der Waals surface area (Å²) in [5.41, 5.74) is 6.97. The van der Waals surface area contributed by atoms with Crippen LogP contribution >= 0.6 is 22.9 Å². The van der Waals surface area contributed by atoms with Gasteiger partial charge in [0.05, 0.1) is 4.88 Å².